The normalized spacial score (nSPS) is 11.9. The second-order valence-corrected chi connectivity index (χ2v) is 15.6. The third kappa shape index (κ3) is 9.93. The third-order valence-electron chi connectivity index (χ3n) is 3.53. The van der Waals surface area contributed by atoms with E-state index in [0.29, 0.717) is 33.8 Å². The fourth-order valence-electron chi connectivity index (χ4n) is 2.13. The van der Waals surface area contributed by atoms with Crippen LogP contribution in [0.5, 0.6) is 5.75 Å². The Morgan fingerprint density at radius 2 is 1.79 bits per heavy atom. The summed E-state index contributed by atoms with van der Waals surface area (Å²) in [6.07, 6.45) is 0.699. The van der Waals surface area contributed by atoms with E-state index in [1.807, 2.05) is 20.8 Å². The molecule has 158 valence electrons. The van der Waals surface area contributed by atoms with Crippen LogP contribution in [0.2, 0.25) is 30.7 Å². The molecule has 0 aliphatic rings. The van der Waals surface area contributed by atoms with E-state index in [2.05, 4.69) is 35.6 Å². The molecule has 0 bridgehead atoms. The summed E-state index contributed by atoms with van der Waals surface area (Å²) >= 11 is 9.47. The Balaban J connectivity index is 2.68. The lowest BCUT2D eigenvalue weighted by Gasteiger charge is -2.19. The second kappa shape index (κ2) is 10.6. The molecule has 0 saturated carbocycles. The monoisotopic (exact) mass is 492 g/mol. The van der Waals surface area contributed by atoms with Crippen LogP contribution in [0.25, 0.3) is 0 Å². The van der Waals surface area contributed by atoms with Crippen LogP contribution in [-0.4, -0.2) is 38.8 Å². The summed E-state index contributed by atoms with van der Waals surface area (Å²) < 4.78 is 17.0. The molecular weight excluding hydrogens is 464 g/mol. The summed E-state index contributed by atoms with van der Waals surface area (Å²) in [6.45, 7) is 12.8. The van der Waals surface area contributed by atoms with Crippen LogP contribution in [0.3, 0.4) is 0 Å². The molecule has 0 fully saturated rings. The van der Waals surface area contributed by atoms with E-state index in [1.165, 1.54) is 0 Å². The van der Waals surface area contributed by atoms with Crippen LogP contribution in [0, 0.1) is 0 Å². The van der Waals surface area contributed by atoms with Crippen LogP contribution < -0.4 is 4.74 Å². The van der Waals surface area contributed by atoms with Crippen molar-refractivity contribution in [3.8, 4) is 5.75 Å². The highest BCUT2D eigenvalue weighted by Crippen LogP contribution is 2.32. The summed E-state index contributed by atoms with van der Waals surface area (Å²) in [5, 5.41) is 0.431. The van der Waals surface area contributed by atoms with E-state index >= 15 is 0 Å². The number of hydrogen-bond acceptors (Lipinski definition) is 5. The quantitative estimate of drug-likeness (QED) is 0.236. The summed E-state index contributed by atoms with van der Waals surface area (Å²) in [4.78, 5) is 24.3. The van der Waals surface area contributed by atoms with Crippen molar-refractivity contribution in [3.05, 3.63) is 27.2 Å². The Morgan fingerprint density at radius 3 is 2.36 bits per heavy atom. The molecular formula is C20H30BrClO5Si. The molecule has 0 unspecified atom stereocenters. The molecule has 0 aliphatic carbocycles. The number of rotatable bonds is 9. The molecule has 28 heavy (non-hydrogen) atoms. The molecule has 0 aliphatic heterocycles. The van der Waals surface area contributed by atoms with E-state index < -0.39 is 19.6 Å². The highest BCUT2D eigenvalue weighted by Gasteiger charge is 2.20. The summed E-state index contributed by atoms with van der Waals surface area (Å²) in [7, 11) is -1.30. The van der Waals surface area contributed by atoms with Crippen molar-refractivity contribution in [1.29, 1.82) is 0 Å². The topological polar surface area (TPSA) is 61.8 Å². The first-order valence-electron chi connectivity index (χ1n) is 9.29. The van der Waals surface area contributed by atoms with Gasteiger partial charge in [-0.3, -0.25) is 4.79 Å². The number of benzene rings is 1. The Morgan fingerprint density at radius 1 is 1.14 bits per heavy atom. The van der Waals surface area contributed by atoms with Gasteiger partial charge in [-0.25, -0.2) is 4.79 Å². The van der Waals surface area contributed by atoms with E-state index in [0.717, 1.165) is 6.04 Å². The predicted molar refractivity (Wildman–Crippen MR) is 118 cm³/mol. The van der Waals surface area contributed by atoms with Gasteiger partial charge in [-0.2, -0.15) is 0 Å². The molecule has 8 heteroatoms. The van der Waals surface area contributed by atoms with Gasteiger partial charge in [0.05, 0.1) is 18.2 Å². The highest BCUT2D eigenvalue weighted by molar-refractivity contribution is 9.10. The van der Waals surface area contributed by atoms with Gasteiger partial charge in [-0.1, -0.05) is 31.2 Å². The Hall–Kier alpha value is -1.05. The van der Waals surface area contributed by atoms with Gasteiger partial charge in [0.1, 0.15) is 16.9 Å². The fourth-order valence-corrected chi connectivity index (χ4v) is 3.34. The van der Waals surface area contributed by atoms with Crippen LogP contribution in [0.1, 0.15) is 44.0 Å². The first kappa shape index (κ1) is 25.0. The summed E-state index contributed by atoms with van der Waals surface area (Å²) in [6, 6.07) is 4.07. The third-order valence-corrected chi connectivity index (χ3v) is 6.43. The van der Waals surface area contributed by atoms with Crippen LogP contribution >= 0.6 is 27.5 Å². The van der Waals surface area contributed by atoms with Gasteiger partial charge < -0.3 is 14.2 Å². The lowest BCUT2D eigenvalue weighted by atomic mass is 10.2. The molecule has 0 aromatic heterocycles. The number of ether oxygens (including phenoxy) is 3. The van der Waals surface area contributed by atoms with E-state index in [1.54, 1.807) is 12.1 Å². The van der Waals surface area contributed by atoms with Crippen molar-refractivity contribution >= 4 is 47.5 Å². The lowest BCUT2D eigenvalue weighted by Crippen LogP contribution is -2.24. The van der Waals surface area contributed by atoms with Gasteiger partial charge in [-0.15, -0.1) is 0 Å². The zero-order chi connectivity index (χ0) is 21.5. The highest BCUT2D eigenvalue weighted by atomic mass is 79.9. The lowest BCUT2D eigenvalue weighted by molar-refractivity contribution is -0.155. The van der Waals surface area contributed by atoms with E-state index in [9.17, 15) is 9.59 Å². The van der Waals surface area contributed by atoms with Crippen molar-refractivity contribution in [2.75, 3.05) is 13.2 Å². The number of carbonyl (C=O) groups excluding carboxylic acids is 2. The molecule has 1 aromatic rings. The average Bonchev–Trinajstić information content (AvgIpc) is 2.51. The SMILES string of the molecule is CC(C)(C)OC(=O)CCCOc1cc(Cl)c(Br)cc1C(=O)OCC[Si](C)(C)C. The maximum atomic E-state index is 12.5. The average molecular weight is 494 g/mol. The standard InChI is InChI=1S/C20H30BrClO5Si/c1-20(2,3)27-18(23)8-7-9-25-17-13-16(22)15(21)12-14(17)19(24)26-10-11-28(4,5)6/h12-13H,7-11H2,1-6H3. The predicted octanol–water partition coefficient (Wildman–Crippen LogP) is 6.10. The van der Waals surface area contributed by atoms with Crippen molar-refractivity contribution < 1.29 is 23.8 Å². The van der Waals surface area contributed by atoms with Gasteiger partial charge in [-0.05, 0) is 55.2 Å². The van der Waals surface area contributed by atoms with Crippen molar-refractivity contribution in [1.82, 2.24) is 0 Å². The van der Waals surface area contributed by atoms with E-state index in [4.69, 9.17) is 25.8 Å². The largest absolute Gasteiger partial charge is 0.493 e. The van der Waals surface area contributed by atoms with Crippen LogP contribution in [0.15, 0.2) is 16.6 Å². The second-order valence-electron chi connectivity index (χ2n) is 8.75. The number of esters is 2. The van der Waals surface area contributed by atoms with Gasteiger partial charge in [0.15, 0.2) is 0 Å². The minimum Gasteiger partial charge on any atom is -0.493 e. The molecule has 0 atom stereocenters. The molecule has 0 spiro atoms. The number of halogens is 2. The molecule has 1 aromatic carbocycles. The van der Waals surface area contributed by atoms with Gasteiger partial charge in [0, 0.05) is 25.0 Å². The van der Waals surface area contributed by atoms with Crippen molar-refractivity contribution in [3.63, 3.8) is 0 Å². The minimum atomic E-state index is -1.30. The Bertz CT molecular complexity index is 695. The molecule has 5 nitrogen and oxygen atoms in total. The first-order chi connectivity index (χ1) is 12.8. The maximum Gasteiger partial charge on any atom is 0.341 e. The van der Waals surface area contributed by atoms with Crippen LogP contribution in [-0.2, 0) is 14.3 Å². The smallest absolute Gasteiger partial charge is 0.341 e. The molecule has 0 heterocycles. The van der Waals surface area contributed by atoms with Gasteiger partial charge >= 0.3 is 11.9 Å². The molecule has 0 N–H and O–H groups in total. The zero-order valence-electron chi connectivity index (χ0n) is 17.5. The minimum absolute atomic E-state index is 0.234. The zero-order valence-corrected chi connectivity index (χ0v) is 20.8. The number of carbonyl (C=O) groups is 2. The van der Waals surface area contributed by atoms with Gasteiger partial charge in [0.2, 0.25) is 0 Å². The number of hydrogen-bond donors (Lipinski definition) is 0. The van der Waals surface area contributed by atoms with Crippen molar-refractivity contribution in [2.45, 2.75) is 64.9 Å². The first-order valence-corrected chi connectivity index (χ1v) is 14.2. The Kier molecular flexibility index (Phi) is 9.50. The summed E-state index contributed by atoms with van der Waals surface area (Å²) in [5.41, 5.74) is -0.201. The van der Waals surface area contributed by atoms with Gasteiger partial charge in [0.25, 0.3) is 0 Å². The summed E-state index contributed by atoms with van der Waals surface area (Å²) in [5.74, 6) is -0.385. The Labute approximate surface area is 182 Å². The van der Waals surface area contributed by atoms with Crippen LogP contribution in [0.4, 0.5) is 0 Å². The molecule has 0 radical (unpaired) electrons. The molecule has 1 rings (SSSR count). The molecule has 0 saturated heterocycles. The van der Waals surface area contributed by atoms with Crippen molar-refractivity contribution in [2.24, 2.45) is 0 Å². The fraction of sp³-hybridized carbons (Fsp3) is 0.600. The maximum absolute atomic E-state index is 12.5. The van der Waals surface area contributed by atoms with E-state index in [-0.39, 0.29) is 19.0 Å². The molecule has 0 amide bonds.